The lowest BCUT2D eigenvalue weighted by Crippen LogP contribution is -2.60. The van der Waals surface area contributed by atoms with Gasteiger partial charge in [0.05, 0.1) is 0 Å². The minimum absolute atomic E-state index is 0.0219. The SMILES string of the molecule is CC(C)C[C@@H](NC(=O)/C=C/c1ccc(O)c(O)c1)C(=O)N[C@@H](C(=O)N[C@H](Cc1ccccc1)C(=O)N[C@H](Cc1ccccc1)C(=O)N[C@H](C)C(N)=O)C(C)C. The largest absolute Gasteiger partial charge is 0.504 e. The van der Waals surface area contributed by atoms with E-state index in [4.69, 9.17) is 5.73 Å². The number of phenols is 2. The molecule has 0 spiro atoms. The number of amides is 6. The molecule has 3 aromatic rings. The van der Waals surface area contributed by atoms with Crippen LogP contribution < -0.4 is 32.3 Å². The maximum absolute atomic E-state index is 14.0. The number of carbonyl (C=O) groups is 6. The molecule has 14 heteroatoms. The number of hydrogen-bond donors (Lipinski definition) is 8. The van der Waals surface area contributed by atoms with Crippen molar-refractivity contribution in [2.75, 3.05) is 0 Å². The van der Waals surface area contributed by atoms with Crippen molar-refractivity contribution in [3.63, 3.8) is 0 Å². The Labute approximate surface area is 321 Å². The molecule has 0 heterocycles. The van der Waals surface area contributed by atoms with Crippen LogP contribution >= 0.6 is 0 Å². The highest BCUT2D eigenvalue weighted by molar-refractivity contribution is 5.98. The minimum atomic E-state index is -1.19. The van der Waals surface area contributed by atoms with Crippen LogP contribution in [0.15, 0.2) is 84.9 Å². The summed E-state index contributed by atoms with van der Waals surface area (Å²) in [6, 6.07) is 16.5. The summed E-state index contributed by atoms with van der Waals surface area (Å²) in [5.74, 6) is -5.08. The molecule has 0 fully saturated rings. The fourth-order valence-corrected chi connectivity index (χ4v) is 5.56. The van der Waals surface area contributed by atoms with Crippen LogP contribution in [0.5, 0.6) is 11.5 Å². The van der Waals surface area contributed by atoms with E-state index in [0.29, 0.717) is 5.56 Å². The zero-order valence-electron chi connectivity index (χ0n) is 31.7. The molecular formula is C41H52N6O8. The van der Waals surface area contributed by atoms with Crippen LogP contribution in [-0.4, -0.2) is 75.9 Å². The van der Waals surface area contributed by atoms with Gasteiger partial charge in [-0.1, -0.05) is 94.4 Å². The summed E-state index contributed by atoms with van der Waals surface area (Å²) in [5, 5.41) is 32.8. The fraction of sp³-hybridized carbons (Fsp3) is 0.366. The van der Waals surface area contributed by atoms with Gasteiger partial charge in [-0.25, -0.2) is 0 Å². The zero-order valence-corrected chi connectivity index (χ0v) is 31.7. The van der Waals surface area contributed by atoms with Crippen molar-refractivity contribution < 1.29 is 39.0 Å². The molecule has 0 radical (unpaired) electrons. The Balaban J connectivity index is 1.83. The van der Waals surface area contributed by atoms with E-state index in [-0.39, 0.29) is 36.7 Å². The van der Waals surface area contributed by atoms with Crippen LogP contribution in [0, 0.1) is 11.8 Å². The van der Waals surface area contributed by atoms with Crippen molar-refractivity contribution in [2.45, 2.75) is 84.1 Å². The topological polar surface area (TPSA) is 229 Å². The fourth-order valence-electron chi connectivity index (χ4n) is 5.56. The van der Waals surface area contributed by atoms with Crippen LogP contribution in [0.4, 0.5) is 0 Å². The molecular weight excluding hydrogens is 704 g/mol. The zero-order chi connectivity index (χ0) is 40.7. The number of nitrogens with one attached hydrogen (secondary N) is 5. The van der Waals surface area contributed by atoms with E-state index in [1.54, 1.807) is 62.4 Å². The first-order valence-electron chi connectivity index (χ1n) is 18.1. The van der Waals surface area contributed by atoms with Crippen molar-refractivity contribution in [3.05, 3.63) is 102 Å². The van der Waals surface area contributed by atoms with E-state index in [1.807, 2.05) is 26.0 Å². The third-order valence-electron chi connectivity index (χ3n) is 8.63. The monoisotopic (exact) mass is 756 g/mol. The van der Waals surface area contributed by atoms with Gasteiger partial charge in [0, 0.05) is 18.9 Å². The Morgan fingerprint density at radius 3 is 1.62 bits per heavy atom. The lowest BCUT2D eigenvalue weighted by atomic mass is 9.98. The first-order valence-corrected chi connectivity index (χ1v) is 18.1. The smallest absolute Gasteiger partial charge is 0.244 e. The predicted molar refractivity (Wildman–Crippen MR) is 208 cm³/mol. The Morgan fingerprint density at radius 1 is 0.618 bits per heavy atom. The average molecular weight is 757 g/mol. The van der Waals surface area contributed by atoms with E-state index >= 15 is 0 Å². The van der Waals surface area contributed by atoms with Gasteiger partial charge < -0.3 is 42.5 Å². The van der Waals surface area contributed by atoms with Crippen molar-refractivity contribution >= 4 is 41.5 Å². The normalized spacial score (nSPS) is 13.9. The molecule has 294 valence electrons. The second-order valence-corrected chi connectivity index (χ2v) is 14.1. The molecule has 0 aliphatic heterocycles. The number of rotatable bonds is 19. The van der Waals surface area contributed by atoms with E-state index in [2.05, 4.69) is 26.6 Å². The van der Waals surface area contributed by atoms with E-state index in [9.17, 15) is 39.0 Å². The summed E-state index contributed by atoms with van der Waals surface area (Å²) in [6.45, 7) is 8.63. The maximum Gasteiger partial charge on any atom is 0.244 e. The molecule has 0 saturated heterocycles. The summed E-state index contributed by atoms with van der Waals surface area (Å²) < 4.78 is 0. The summed E-state index contributed by atoms with van der Waals surface area (Å²) in [6.07, 6.45) is 2.97. The highest BCUT2D eigenvalue weighted by atomic mass is 16.3. The minimum Gasteiger partial charge on any atom is -0.504 e. The molecule has 0 saturated carbocycles. The van der Waals surface area contributed by atoms with Gasteiger partial charge >= 0.3 is 0 Å². The molecule has 14 nitrogen and oxygen atoms in total. The van der Waals surface area contributed by atoms with Crippen LogP contribution in [0.3, 0.4) is 0 Å². The van der Waals surface area contributed by atoms with Gasteiger partial charge in [-0.15, -0.1) is 0 Å². The van der Waals surface area contributed by atoms with Crippen LogP contribution in [0.1, 0.15) is 57.7 Å². The molecule has 0 aromatic heterocycles. The first kappa shape index (κ1) is 43.2. The number of benzene rings is 3. The Hall–Kier alpha value is -6.18. The number of aromatic hydroxyl groups is 2. The molecule has 0 bridgehead atoms. The molecule has 9 N–H and O–H groups in total. The lowest BCUT2D eigenvalue weighted by Gasteiger charge is -2.28. The van der Waals surface area contributed by atoms with Crippen molar-refractivity contribution in [3.8, 4) is 11.5 Å². The van der Waals surface area contributed by atoms with Crippen molar-refractivity contribution in [2.24, 2.45) is 17.6 Å². The van der Waals surface area contributed by atoms with Crippen LogP contribution in [0.2, 0.25) is 0 Å². The summed E-state index contributed by atoms with van der Waals surface area (Å²) in [4.78, 5) is 79.6. The second kappa shape index (κ2) is 20.9. The maximum atomic E-state index is 14.0. The Kier molecular flexibility index (Phi) is 16.4. The van der Waals surface area contributed by atoms with Crippen LogP contribution in [-0.2, 0) is 41.6 Å². The van der Waals surface area contributed by atoms with Gasteiger partial charge in [-0.05, 0) is 60.1 Å². The Bertz CT molecular complexity index is 1820. The Morgan fingerprint density at radius 2 is 1.13 bits per heavy atom. The summed E-state index contributed by atoms with van der Waals surface area (Å²) >= 11 is 0. The molecule has 6 amide bonds. The number of primary amides is 1. The number of nitrogens with two attached hydrogens (primary N) is 1. The third kappa shape index (κ3) is 14.3. The standard InChI is InChI=1S/C41H52N6O8/c1-24(2)20-30(44-35(50)19-17-29-16-18-33(48)34(49)23-29)40(54)47-36(25(3)4)41(55)46-32(22-28-14-10-7-11-15-28)39(53)45-31(21-27-12-8-6-9-13-27)38(52)43-26(5)37(42)51/h6-19,23-26,30-32,36,48-49H,20-22H2,1-5H3,(H2,42,51)(H,43,52)(H,44,50)(H,45,53)(H,46,55)(H,47,54)/b19-17+/t26-,30-,31-,32-,36-/m1/s1. The molecule has 0 aliphatic rings. The highest BCUT2D eigenvalue weighted by Gasteiger charge is 2.33. The molecule has 3 rings (SSSR count). The summed E-state index contributed by atoms with van der Waals surface area (Å²) in [5.41, 5.74) is 7.26. The van der Waals surface area contributed by atoms with E-state index < -0.39 is 71.6 Å². The quantitative estimate of drug-likeness (QED) is 0.0667. The van der Waals surface area contributed by atoms with Gasteiger partial charge in [-0.3, -0.25) is 28.8 Å². The first-order chi connectivity index (χ1) is 26.0. The third-order valence-corrected chi connectivity index (χ3v) is 8.63. The van der Waals surface area contributed by atoms with Crippen molar-refractivity contribution in [1.82, 2.24) is 26.6 Å². The number of hydrogen-bond acceptors (Lipinski definition) is 8. The second-order valence-electron chi connectivity index (χ2n) is 14.1. The van der Waals surface area contributed by atoms with Gasteiger partial charge in [0.15, 0.2) is 11.5 Å². The van der Waals surface area contributed by atoms with E-state index in [1.165, 1.54) is 37.3 Å². The molecule has 3 aromatic carbocycles. The lowest BCUT2D eigenvalue weighted by molar-refractivity contribution is -0.135. The van der Waals surface area contributed by atoms with Crippen molar-refractivity contribution in [1.29, 1.82) is 0 Å². The van der Waals surface area contributed by atoms with Gasteiger partial charge in [0.25, 0.3) is 0 Å². The predicted octanol–water partition coefficient (Wildman–Crippen LogP) is 2.23. The number of phenolic OH excluding ortho intramolecular Hbond substituents is 2. The average Bonchev–Trinajstić information content (AvgIpc) is 3.13. The van der Waals surface area contributed by atoms with E-state index in [0.717, 1.165) is 11.1 Å². The highest BCUT2D eigenvalue weighted by Crippen LogP contribution is 2.25. The molecule has 0 aliphatic carbocycles. The number of carbonyl (C=O) groups excluding carboxylic acids is 6. The van der Waals surface area contributed by atoms with Crippen LogP contribution in [0.25, 0.3) is 6.08 Å². The molecule has 55 heavy (non-hydrogen) atoms. The van der Waals surface area contributed by atoms with Gasteiger partial charge in [-0.2, -0.15) is 0 Å². The summed E-state index contributed by atoms with van der Waals surface area (Å²) in [7, 11) is 0. The molecule has 5 atom stereocenters. The molecule has 0 unspecified atom stereocenters. The van der Waals surface area contributed by atoms with Gasteiger partial charge in [0.1, 0.15) is 30.2 Å². The van der Waals surface area contributed by atoms with Gasteiger partial charge in [0.2, 0.25) is 35.4 Å².